The van der Waals surface area contributed by atoms with Crippen molar-refractivity contribution >= 4 is 5.69 Å². The lowest BCUT2D eigenvalue weighted by Crippen LogP contribution is -2.02. The summed E-state index contributed by atoms with van der Waals surface area (Å²) >= 11 is 0. The highest BCUT2D eigenvalue weighted by atomic mass is 19.1. The fraction of sp³-hybridized carbons (Fsp3) is 0.250. The molecule has 0 aromatic heterocycles. The van der Waals surface area contributed by atoms with Crippen molar-refractivity contribution in [1.29, 1.82) is 0 Å². The van der Waals surface area contributed by atoms with E-state index in [2.05, 4.69) is 12.1 Å². The monoisotopic (exact) mass is 259 g/mol. The molecule has 0 atom stereocenters. The maximum atomic E-state index is 13.6. The zero-order chi connectivity index (χ0) is 13.7. The Kier molecular flexibility index (Phi) is 4.39. The molecule has 2 nitrogen and oxygen atoms in total. The molecule has 100 valence electrons. The summed E-state index contributed by atoms with van der Waals surface area (Å²) < 4.78 is 19.0. The number of hydrogen-bond acceptors (Lipinski definition) is 2. The van der Waals surface area contributed by atoms with Crippen LogP contribution in [0.4, 0.5) is 10.1 Å². The number of nitrogens with two attached hydrogens (primary N) is 1. The minimum absolute atomic E-state index is 0.278. The van der Waals surface area contributed by atoms with Crippen LogP contribution in [0.25, 0.3) is 0 Å². The van der Waals surface area contributed by atoms with Crippen molar-refractivity contribution in [1.82, 2.24) is 0 Å². The molecule has 0 radical (unpaired) electrons. The van der Waals surface area contributed by atoms with E-state index in [-0.39, 0.29) is 5.75 Å². The first-order valence-corrected chi connectivity index (χ1v) is 6.39. The van der Waals surface area contributed by atoms with Gasteiger partial charge < -0.3 is 10.5 Å². The first-order valence-electron chi connectivity index (χ1n) is 6.39. The number of halogens is 1. The van der Waals surface area contributed by atoms with Gasteiger partial charge in [0.05, 0.1) is 6.61 Å². The molecule has 0 unspecified atom stereocenters. The van der Waals surface area contributed by atoms with E-state index in [0.717, 1.165) is 18.4 Å². The topological polar surface area (TPSA) is 35.2 Å². The Bertz CT molecular complexity index is 540. The third kappa shape index (κ3) is 3.71. The summed E-state index contributed by atoms with van der Waals surface area (Å²) in [5.74, 6) is -0.123. The van der Waals surface area contributed by atoms with Gasteiger partial charge in [0.2, 0.25) is 0 Å². The van der Waals surface area contributed by atoms with Gasteiger partial charge in [-0.05, 0) is 37.0 Å². The van der Waals surface area contributed by atoms with Crippen LogP contribution >= 0.6 is 0 Å². The molecular formula is C16H18FNO. The molecule has 2 aromatic carbocycles. The predicted octanol–water partition coefficient (Wildman–Crippen LogP) is 3.73. The van der Waals surface area contributed by atoms with Crippen LogP contribution in [0.1, 0.15) is 17.5 Å². The summed E-state index contributed by atoms with van der Waals surface area (Å²) in [7, 11) is 0. The molecule has 2 aromatic rings. The van der Waals surface area contributed by atoms with Crippen molar-refractivity contribution in [3.8, 4) is 5.75 Å². The van der Waals surface area contributed by atoms with Crippen molar-refractivity contribution < 1.29 is 9.13 Å². The molecule has 0 heterocycles. The second kappa shape index (κ2) is 6.23. The van der Waals surface area contributed by atoms with Gasteiger partial charge in [-0.15, -0.1) is 0 Å². The molecule has 2 rings (SSSR count). The highest BCUT2D eigenvalue weighted by molar-refractivity contribution is 5.50. The molecule has 0 aliphatic heterocycles. The van der Waals surface area contributed by atoms with E-state index >= 15 is 0 Å². The second-order valence-electron chi connectivity index (χ2n) is 4.58. The van der Waals surface area contributed by atoms with Gasteiger partial charge >= 0.3 is 0 Å². The lowest BCUT2D eigenvalue weighted by molar-refractivity contribution is 0.295. The minimum atomic E-state index is -0.400. The number of nitrogen functional groups attached to an aromatic ring is 1. The zero-order valence-electron chi connectivity index (χ0n) is 11.0. The quantitative estimate of drug-likeness (QED) is 0.656. The number of ether oxygens (including phenoxy) is 1. The average Bonchev–Trinajstić information content (AvgIpc) is 2.41. The van der Waals surface area contributed by atoms with Crippen molar-refractivity contribution in [3.05, 3.63) is 59.4 Å². The largest absolute Gasteiger partial charge is 0.490 e. The van der Waals surface area contributed by atoms with Gasteiger partial charge in [0.25, 0.3) is 0 Å². The third-order valence-electron chi connectivity index (χ3n) is 3.03. The first kappa shape index (κ1) is 13.4. The van der Waals surface area contributed by atoms with E-state index in [9.17, 15) is 4.39 Å². The average molecular weight is 259 g/mol. The number of benzene rings is 2. The van der Waals surface area contributed by atoms with Crippen LogP contribution in [0.15, 0.2) is 42.5 Å². The molecule has 0 bridgehead atoms. The van der Waals surface area contributed by atoms with Gasteiger partial charge in [0.15, 0.2) is 11.6 Å². The molecule has 0 spiro atoms. The summed E-state index contributed by atoms with van der Waals surface area (Å²) in [6, 6.07) is 13.1. The second-order valence-corrected chi connectivity index (χ2v) is 4.58. The number of aryl methyl sites for hydroxylation is 2. The van der Waals surface area contributed by atoms with E-state index in [0.29, 0.717) is 12.3 Å². The number of hydrogen-bond donors (Lipinski definition) is 1. The lowest BCUT2D eigenvalue weighted by Gasteiger charge is -2.09. The van der Waals surface area contributed by atoms with Crippen LogP contribution in [0.2, 0.25) is 0 Å². The van der Waals surface area contributed by atoms with E-state index in [1.807, 2.05) is 25.1 Å². The van der Waals surface area contributed by atoms with E-state index in [1.165, 1.54) is 11.6 Å². The molecular weight excluding hydrogens is 241 g/mol. The highest BCUT2D eigenvalue weighted by Gasteiger charge is 2.06. The van der Waals surface area contributed by atoms with Crippen molar-refractivity contribution in [2.45, 2.75) is 19.8 Å². The summed E-state index contributed by atoms with van der Waals surface area (Å²) in [6.45, 7) is 2.33. The Morgan fingerprint density at radius 2 is 1.89 bits per heavy atom. The van der Waals surface area contributed by atoms with Gasteiger partial charge in [-0.3, -0.25) is 0 Å². The van der Waals surface area contributed by atoms with Crippen molar-refractivity contribution in [3.63, 3.8) is 0 Å². The SMILES string of the molecule is Cc1cc(OCCCc2ccccc2)c(F)cc1N. The van der Waals surface area contributed by atoms with Crippen LogP contribution in [0, 0.1) is 12.7 Å². The summed E-state index contributed by atoms with van der Waals surface area (Å²) in [4.78, 5) is 0. The van der Waals surface area contributed by atoms with Crippen LogP contribution < -0.4 is 10.5 Å². The van der Waals surface area contributed by atoms with Crippen LogP contribution in [0.3, 0.4) is 0 Å². The van der Waals surface area contributed by atoms with E-state index in [4.69, 9.17) is 10.5 Å². The lowest BCUT2D eigenvalue weighted by atomic mass is 10.1. The van der Waals surface area contributed by atoms with Gasteiger partial charge in [-0.1, -0.05) is 30.3 Å². The molecule has 3 heteroatoms. The maximum Gasteiger partial charge on any atom is 0.167 e. The number of anilines is 1. The van der Waals surface area contributed by atoms with E-state index < -0.39 is 5.82 Å². The maximum absolute atomic E-state index is 13.6. The summed E-state index contributed by atoms with van der Waals surface area (Å²) in [5.41, 5.74) is 8.17. The Labute approximate surface area is 113 Å². The Morgan fingerprint density at radius 3 is 2.63 bits per heavy atom. The van der Waals surface area contributed by atoms with E-state index in [1.54, 1.807) is 6.07 Å². The van der Waals surface area contributed by atoms with Crippen LogP contribution in [0.5, 0.6) is 5.75 Å². The fourth-order valence-corrected chi connectivity index (χ4v) is 1.88. The molecule has 0 saturated carbocycles. The smallest absolute Gasteiger partial charge is 0.167 e. The Balaban J connectivity index is 1.85. The molecule has 2 N–H and O–H groups in total. The van der Waals surface area contributed by atoms with Crippen molar-refractivity contribution in [2.24, 2.45) is 0 Å². The third-order valence-corrected chi connectivity index (χ3v) is 3.03. The van der Waals surface area contributed by atoms with Gasteiger partial charge in [0, 0.05) is 11.8 Å². The molecule has 0 amide bonds. The molecule has 0 aliphatic carbocycles. The predicted molar refractivity (Wildman–Crippen MR) is 75.8 cm³/mol. The summed E-state index contributed by atoms with van der Waals surface area (Å²) in [6.07, 6.45) is 1.78. The molecule has 19 heavy (non-hydrogen) atoms. The van der Waals surface area contributed by atoms with Gasteiger partial charge in [-0.2, -0.15) is 0 Å². The fourth-order valence-electron chi connectivity index (χ4n) is 1.88. The Hall–Kier alpha value is -2.03. The first-order chi connectivity index (χ1) is 9.16. The Morgan fingerprint density at radius 1 is 1.16 bits per heavy atom. The highest BCUT2D eigenvalue weighted by Crippen LogP contribution is 2.23. The molecule has 0 aliphatic rings. The minimum Gasteiger partial charge on any atom is -0.490 e. The summed E-state index contributed by atoms with van der Waals surface area (Å²) in [5, 5.41) is 0. The molecule has 0 saturated heterocycles. The van der Waals surface area contributed by atoms with Crippen molar-refractivity contribution in [2.75, 3.05) is 12.3 Å². The van der Waals surface area contributed by atoms with Crippen LogP contribution in [-0.2, 0) is 6.42 Å². The van der Waals surface area contributed by atoms with Gasteiger partial charge in [-0.25, -0.2) is 4.39 Å². The zero-order valence-corrected chi connectivity index (χ0v) is 11.0. The molecule has 0 fully saturated rings. The number of rotatable bonds is 5. The van der Waals surface area contributed by atoms with Crippen LogP contribution in [-0.4, -0.2) is 6.61 Å². The normalized spacial score (nSPS) is 10.4. The van der Waals surface area contributed by atoms with Gasteiger partial charge in [0.1, 0.15) is 0 Å². The standard InChI is InChI=1S/C16H18FNO/c1-12-10-16(14(17)11-15(12)18)19-9-5-8-13-6-3-2-4-7-13/h2-4,6-7,10-11H,5,8-9,18H2,1H3.